The van der Waals surface area contributed by atoms with Crippen molar-refractivity contribution in [2.45, 2.75) is 13.3 Å². The number of rotatable bonds is 5. The van der Waals surface area contributed by atoms with Gasteiger partial charge in [-0.05, 0) is 36.2 Å². The second kappa shape index (κ2) is 7.08. The summed E-state index contributed by atoms with van der Waals surface area (Å²) in [6.07, 6.45) is 5.23. The fourth-order valence-corrected chi connectivity index (χ4v) is 2.40. The minimum atomic E-state index is -0.530. The van der Waals surface area contributed by atoms with Crippen LogP contribution in [-0.4, -0.2) is 17.1 Å². The van der Waals surface area contributed by atoms with Gasteiger partial charge in [-0.2, -0.15) is 0 Å². The number of aromatic nitrogens is 2. The number of pyridine rings is 2. The predicted molar refractivity (Wildman–Crippen MR) is 89.9 cm³/mol. The van der Waals surface area contributed by atoms with Crippen LogP contribution in [0.5, 0.6) is 17.4 Å². The molecule has 0 saturated carbocycles. The Bertz CT molecular complexity index is 835. The molecule has 0 amide bonds. The largest absolute Gasteiger partial charge is 0.493 e. The third-order valence-corrected chi connectivity index (χ3v) is 3.66. The predicted octanol–water partition coefficient (Wildman–Crippen LogP) is 4.65. The Kier molecular flexibility index (Phi) is 4.70. The molecule has 0 N–H and O–H groups in total. The minimum Gasteiger partial charge on any atom is -0.493 e. The van der Waals surface area contributed by atoms with Crippen LogP contribution in [0.25, 0.3) is 11.1 Å². The summed E-state index contributed by atoms with van der Waals surface area (Å²) in [5, 5.41) is 0. The van der Waals surface area contributed by atoms with Crippen LogP contribution < -0.4 is 9.47 Å². The Morgan fingerprint density at radius 1 is 1.04 bits per heavy atom. The Morgan fingerprint density at radius 2 is 1.83 bits per heavy atom. The fraction of sp³-hybridized carbons (Fsp3) is 0.158. The number of hydrogen-bond donors (Lipinski definition) is 0. The number of ether oxygens (including phenoxy) is 2. The maximum absolute atomic E-state index is 13.9. The molecule has 0 radical (unpaired) electrons. The summed E-state index contributed by atoms with van der Waals surface area (Å²) in [7, 11) is 1.42. The summed E-state index contributed by atoms with van der Waals surface area (Å²) < 4.78 is 25.0. The zero-order valence-corrected chi connectivity index (χ0v) is 13.5. The molecular weight excluding hydrogens is 307 g/mol. The van der Waals surface area contributed by atoms with Crippen LogP contribution in [0.1, 0.15) is 12.5 Å². The molecule has 1 aromatic carbocycles. The third kappa shape index (κ3) is 3.20. The standard InChI is InChI=1S/C19H17FN2O2/c1-3-13-6-8-14(9-7-13)24-19-15(5-4-10-22-19)16-11-21-12-17(20)18(16)23-2/h4-12H,3H2,1-2H3. The molecule has 5 heteroatoms. The van der Waals surface area contributed by atoms with Gasteiger partial charge >= 0.3 is 0 Å². The van der Waals surface area contributed by atoms with E-state index in [1.54, 1.807) is 18.3 Å². The maximum atomic E-state index is 13.9. The van der Waals surface area contributed by atoms with Crippen LogP contribution in [0.4, 0.5) is 4.39 Å². The van der Waals surface area contributed by atoms with Crippen molar-refractivity contribution in [1.82, 2.24) is 9.97 Å². The lowest BCUT2D eigenvalue weighted by Gasteiger charge is -2.13. The van der Waals surface area contributed by atoms with E-state index in [2.05, 4.69) is 16.9 Å². The van der Waals surface area contributed by atoms with E-state index in [9.17, 15) is 4.39 Å². The molecule has 0 aliphatic carbocycles. The summed E-state index contributed by atoms with van der Waals surface area (Å²) in [5.41, 5.74) is 2.33. The van der Waals surface area contributed by atoms with Crippen molar-refractivity contribution in [1.29, 1.82) is 0 Å². The lowest BCUT2D eigenvalue weighted by atomic mass is 10.1. The smallest absolute Gasteiger partial charge is 0.227 e. The SMILES string of the molecule is CCc1ccc(Oc2ncccc2-c2cncc(F)c2OC)cc1. The van der Waals surface area contributed by atoms with E-state index in [0.717, 1.165) is 12.6 Å². The van der Waals surface area contributed by atoms with Crippen LogP contribution in [0.3, 0.4) is 0 Å². The van der Waals surface area contributed by atoms with Gasteiger partial charge < -0.3 is 9.47 Å². The van der Waals surface area contributed by atoms with E-state index < -0.39 is 5.82 Å². The summed E-state index contributed by atoms with van der Waals surface area (Å²) in [4.78, 5) is 8.17. The molecule has 3 aromatic rings. The molecule has 4 nitrogen and oxygen atoms in total. The number of benzene rings is 1. The van der Waals surface area contributed by atoms with Crippen molar-refractivity contribution in [2.75, 3.05) is 7.11 Å². The van der Waals surface area contributed by atoms with Gasteiger partial charge in [-0.25, -0.2) is 9.37 Å². The highest BCUT2D eigenvalue weighted by Gasteiger charge is 2.16. The number of hydrogen-bond acceptors (Lipinski definition) is 4. The molecule has 3 rings (SSSR count). The molecule has 0 bridgehead atoms. The van der Waals surface area contributed by atoms with Crippen LogP contribution in [0, 0.1) is 5.82 Å². The van der Waals surface area contributed by atoms with Crippen LogP contribution in [0.15, 0.2) is 55.0 Å². The quantitative estimate of drug-likeness (QED) is 0.685. The van der Waals surface area contributed by atoms with Gasteiger partial charge in [0, 0.05) is 18.0 Å². The number of methoxy groups -OCH3 is 1. The molecule has 0 aliphatic heterocycles. The van der Waals surface area contributed by atoms with E-state index >= 15 is 0 Å². The highest BCUT2D eigenvalue weighted by Crippen LogP contribution is 2.37. The summed E-state index contributed by atoms with van der Waals surface area (Å²) in [6.45, 7) is 2.09. The van der Waals surface area contributed by atoms with Gasteiger partial charge in [-0.3, -0.25) is 4.98 Å². The van der Waals surface area contributed by atoms with Gasteiger partial charge in [0.2, 0.25) is 5.88 Å². The average Bonchev–Trinajstić information content (AvgIpc) is 2.62. The van der Waals surface area contributed by atoms with Gasteiger partial charge in [0.1, 0.15) is 5.75 Å². The Morgan fingerprint density at radius 3 is 2.54 bits per heavy atom. The maximum Gasteiger partial charge on any atom is 0.227 e. The van der Waals surface area contributed by atoms with Crippen LogP contribution in [-0.2, 0) is 6.42 Å². The van der Waals surface area contributed by atoms with Crippen molar-refractivity contribution in [3.63, 3.8) is 0 Å². The first-order valence-electron chi connectivity index (χ1n) is 7.62. The number of aryl methyl sites for hydroxylation is 1. The second-order valence-electron chi connectivity index (χ2n) is 5.16. The molecular formula is C19H17FN2O2. The molecule has 0 unspecified atom stereocenters. The second-order valence-corrected chi connectivity index (χ2v) is 5.16. The Hall–Kier alpha value is -2.95. The van der Waals surface area contributed by atoms with Crippen molar-refractivity contribution >= 4 is 0 Å². The lowest BCUT2D eigenvalue weighted by molar-refractivity contribution is 0.386. The molecule has 2 heterocycles. The molecule has 2 aromatic heterocycles. The van der Waals surface area contributed by atoms with Gasteiger partial charge in [-0.1, -0.05) is 19.1 Å². The number of nitrogens with zero attached hydrogens (tertiary/aromatic N) is 2. The number of halogens is 1. The van der Waals surface area contributed by atoms with Gasteiger partial charge in [0.15, 0.2) is 11.6 Å². The lowest BCUT2D eigenvalue weighted by Crippen LogP contribution is -1.97. The first kappa shape index (κ1) is 15.9. The fourth-order valence-electron chi connectivity index (χ4n) is 2.40. The monoisotopic (exact) mass is 324 g/mol. The van der Waals surface area contributed by atoms with E-state index in [-0.39, 0.29) is 5.75 Å². The highest BCUT2D eigenvalue weighted by molar-refractivity contribution is 5.74. The molecule has 0 aliphatic rings. The molecule has 24 heavy (non-hydrogen) atoms. The van der Waals surface area contributed by atoms with E-state index in [0.29, 0.717) is 22.8 Å². The topological polar surface area (TPSA) is 44.2 Å². The molecule has 0 saturated heterocycles. The zero-order valence-electron chi connectivity index (χ0n) is 13.5. The van der Waals surface area contributed by atoms with Gasteiger partial charge in [0.25, 0.3) is 0 Å². The average molecular weight is 324 g/mol. The van der Waals surface area contributed by atoms with Crippen LogP contribution in [0.2, 0.25) is 0 Å². The molecule has 0 fully saturated rings. The normalized spacial score (nSPS) is 10.5. The van der Waals surface area contributed by atoms with Crippen molar-refractivity contribution in [3.05, 3.63) is 66.4 Å². The van der Waals surface area contributed by atoms with E-state index in [1.165, 1.54) is 18.9 Å². The Labute approximate surface area is 139 Å². The molecule has 0 spiro atoms. The zero-order chi connectivity index (χ0) is 16.9. The van der Waals surface area contributed by atoms with Crippen LogP contribution >= 0.6 is 0 Å². The van der Waals surface area contributed by atoms with Crippen molar-refractivity contribution < 1.29 is 13.9 Å². The van der Waals surface area contributed by atoms with E-state index in [1.807, 2.05) is 24.3 Å². The first-order chi connectivity index (χ1) is 11.7. The van der Waals surface area contributed by atoms with Crippen molar-refractivity contribution in [2.24, 2.45) is 0 Å². The first-order valence-corrected chi connectivity index (χ1v) is 7.62. The molecule has 0 atom stereocenters. The minimum absolute atomic E-state index is 0.115. The highest BCUT2D eigenvalue weighted by atomic mass is 19.1. The van der Waals surface area contributed by atoms with Gasteiger partial charge in [-0.15, -0.1) is 0 Å². The Balaban J connectivity index is 2.00. The van der Waals surface area contributed by atoms with E-state index in [4.69, 9.17) is 9.47 Å². The van der Waals surface area contributed by atoms with Gasteiger partial charge in [0.05, 0.1) is 18.9 Å². The third-order valence-electron chi connectivity index (χ3n) is 3.66. The summed E-state index contributed by atoms with van der Waals surface area (Å²) in [6, 6.07) is 11.3. The summed E-state index contributed by atoms with van der Waals surface area (Å²) in [5.74, 6) is 0.615. The van der Waals surface area contributed by atoms with Crippen molar-refractivity contribution in [3.8, 4) is 28.5 Å². The molecule has 122 valence electrons. The summed E-state index contributed by atoms with van der Waals surface area (Å²) >= 11 is 0.